The van der Waals surface area contributed by atoms with E-state index in [1.54, 1.807) is 36.4 Å². The van der Waals surface area contributed by atoms with Gasteiger partial charge in [0.05, 0.1) is 21.6 Å². The van der Waals surface area contributed by atoms with Crippen molar-refractivity contribution >= 4 is 34.1 Å². The molecule has 0 spiro atoms. The van der Waals surface area contributed by atoms with Gasteiger partial charge in [-0.1, -0.05) is 55.6 Å². The predicted octanol–water partition coefficient (Wildman–Crippen LogP) is 3.95. The summed E-state index contributed by atoms with van der Waals surface area (Å²) in [6.07, 6.45) is 2.64. The monoisotopic (exact) mass is 413 g/mol. The second-order valence-corrected chi connectivity index (χ2v) is 7.44. The summed E-state index contributed by atoms with van der Waals surface area (Å²) in [6.45, 7) is 4.03. The number of benzene rings is 2. The van der Waals surface area contributed by atoms with Crippen molar-refractivity contribution in [2.24, 2.45) is 0 Å². The van der Waals surface area contributed by atoms with Crippen LogP contribution in [0.4, 0.5) is 5.69 Å². The van der Waals surface area contributed by atoms with Crippen LogP contribution in [0.2, 0.25) is 5.02 Å². The van der Waals surface area contributed by atoms with Gasteiger partial charge in [-0.3, -0.25) is 18.7 Å². The van der Waals surface area contributed by atoms with E-state index in [4.69, 9.17) is 11.6 Å². The number of hydrogen-bond acceptors (Lipinski definition) is 3. The molecule has 1 amide bonds. The molecule has 0 aliphatic heterocycles. The van der Waals surface area contributed by atoms with Gasteiger partial charge in [0.15, 0.2) is 0 Å². The molecular formula is C22H24ClN3O3. The highest BCUT2D eigenvalue weighted by Crippen LogP contribution is 2.25. The van der Waals surface area contributed by atoms with Crippen LogP contribution in [-0.2, 0) is 17.9 Å². The summed E-state index contributed by atoms with van der Waals surface area (Å²) in [5.74, 6) is -0.382. The summed E-state index contributed by atoms with van der Waals surface area (Å²) in [4.78, 5) is 38.6. The first kappa shape index (κ1) is 20.9. The van der Waals surface area contributed by atoms with Crippen LogP contribution in [0.25, 0.3) is 10.9 Å². The molecular weight excluding hydrogens is 390 g/mol. The normalized spacial score (nSPS) is 11.0. The van der Waals surface area contributed by atoms with Crippen LogP contribution in [0.15, 0.2) is 52.1 Å². The lowest BCUT2D eigenvalue weighted by molar-refractivity contribution is -0.116. The Balaban J connectivity index is 2.01. The molecule has 0 bridgehead atoms. The Hall–Kier alpha value is -2.86. The first-order valence-corrected chi connectivity index (χ1v) is 10.1. The van der Waals surface area contributed by atoms with E-state index in [0.29, 0.717) is 28.2 Å². The van der Waals surface area contributed by atoms with Gasteiger partial charge in [0.25, 0.3) is 5.56 Å². The van der Waals surface area contributed by atoms with Crippen molar-refractivity contribution in [3.63, 3.8) is 0 Å². The average Bonchev–Trinajstić information content (AvgIpc) is 2.71. The number of amides is 1. The fourth-order valence-corrected chi connectivity index (χ4v) is 3.62. The van der Waals surface area contributed by atoms with Crippen molar-refractivity contribution < 1.29 is 4.79 Å². The summed E-state index contributed by atoms with van der Waals surface area (Å²) < 4.78 is 2.58. The predicted molar refractivity (Wildman–Crippen MR) is 117 cm³/mol. The Morgan fingerprint density at radius 3 is 2.52 bits per heavy atom. The topological polar surface area (TPSA) is 73.1 Å². The van der Waals surface area contributed by atoms with Gasteiger partial charge in [0.2, 0.25) is 5.91 Å². The van der Waals surface area contributed by atoms with Gasteiger partial charge >= 0.3 is 5.69 Å². The van der Waals surface area contributed by atoms with Gasteiger partial charge in [0, 0.05) is 6.54 Å². The molecule has 152 valence electrons. The third-order valence-corrected chi connectivity index (χ3v) is 5.22. The smallest absolute Gasteiger partial charge is 0.323 e. The summed E-state index contributed by atoms with van der Waals surface area (Å²) in [5.41, 5.74) is 0.997. The van der Waals surface area contributed by atoms with Crippen molar-refractivity contribution in [3.05, 3.63) is 73.9 Å². The molecule has 0 saturated carbocycles. The number of nitrogens with one attached hydrogen (secondary N) is 1. The van der Waals surface area contributed by atoms with Crippen molar-refractivity contribution in [1.82, 2.24) is 9.13 Å². The van der Waals surface area contributed by atoms with Crippen molar-refractivity contribution in [3.8, 4) is 0 Å². The van der Waals surface area contributed by atoms with Crippen molar-refractivity contribution in [1.29, 1.82) is 0 Å². The number of rotatable bonds is 7. The van der Waals surface area contributed by atoms with Crippen LogP contribution in [0, 0.1) is 6.92 Å². The second kappa shape index (κ2) is 9.09. The number of hydrogen-bond donors (Lipinski definition) is 1. The molecule has 1 heterocycles. The number of nitrogens with zero attached hydrogens (tertiary/aromatic N) is 2. The number of aryl methyl sites for hydroxylation is 1. The molecule has 0 radical (unpaired) electrons. The number of aromatic nitrogens is 2. The SMILES string of the molecule is CCCCCn1c(=O)c2ccccc2n(CC(=O)Nc2c(C)cccc2Cl)c1=O. The first-order chi connectivity index (χ1) is 13.9. The summed E-state index contributed by atoms with van der Waals surface area (Å²) in [7, 11) is 0. The Morgan fingerprint density at radius 1 is 1.03 bits per heavy atom. The Morgan fingerprint density at radius 2 is 1.79 bits per heavy atom. The molecule has 1 N–H and O–H groups in total. The van der Waals surface area contributed by atoms with Gasteiger partial charge in [-0.05, 0) is 37.1 Å². The molecule has 0 aliphatic carbocycles. The van der Waals surface area contributed by atoms with Gasteiger partial charge in [-0.15, -0.1) is 0 Å². The molecule has 0 unspecified atom stereocenters. The van der Waals surface area contributed by atoms with Crippen LogP contribution in [0.3, 0.4) is 0 Å². The third kappa shape index (κ3) is 4.43. The number of para-hydroxylation sites is 2. The lowest BCUT2D eigenvalue weighted by Gasteiger charge is -2.15. The summed E-state index contributed by atoms with van der Waals surface area (Å²) >= 11 is 6.19. The number of carbonyl (C=O) groups is 1. The van der Waals surface area contributed by atoms with Gasteiger partial charge in [0.1, 0.15) is 6.54 Å². The van der Waals surface area contributed by atoms with Gasteiger partial charge < -0.3 is 5.32 Å². The Bertz CT molecular complexity index is 1140. The van der Waals surface area contributed by atoms with Crippen LogP contribution < -0.4 is 16.6 Å². The van der Waals surface area contributed by atoms with Crippen molar-refractivity contribution in [2.45, 2.75) is 46.2 Å². The largest absolute Gasteiger partial charge is 0.331 e. The maximum Gasteiger partial charge on any atom is 0.331 e. The lowest BCUT2D eigenvalue weighted by Crippen LogP contribution is -2.41. The molecule has 0 atom stereocenters. The van der Waals surface area contributed by atoms with E-state index in [-0.39, 0.29) is 18.0 Å². The number of fused-ring (bicyclic) bond motifs is 1. The molecule has 0 saturated heterocycles. The second-order valence-electron chi connectivity index (χ2n) is 7.03. The van der Waals surface area contributed by atoms with Crippen LogP contribution in [-0.4, -0.2) is 15.0 Å². The third-order valence-electron chi connectivity index (χ3n) is 4.91. The van der Waals surface area contributed by atoms with Gasteiger partial charge in [-0.2, -0.15) is 0 Å². The van der Waals surface area contributed by atoms with E-state index in [1.165, 1.54) is 9.13 Å². The first-order valence-electron chi connectivity index (χ1n) is 9.71. The van der Waals surface area contributed by atoms with Crippen LogP contribution in [0.1, 0.15) is 31.7 Å². The molecule has 1 aromatic heterocycles. The number of carbonyl (C=O) groups excluding carboxylic acids is 1. The average molecular weight is 414 g/mol. The maximum absolute atomic E-state index is 13.0. The molecule has 0 fully saturated rings. The standard InChI is InChI=1S/C22H24ClN3O3/c1-3-4-7-13-25-21(28)16-10-5-6-12-18(16)26(22(25)29)14-19(27)24-20-15(2)9-8-11-17(20)23/h5-6,8-12H,3-4,7,13-14H2,1-2H3,(H,24,27). The molecule has 3 rings (SSSR count). The van der Waals surface area contributed by atoms with E-state index in [2.05, 4.69) is 12.2 Å². The minimum absolute atomic E-state index is 0.210. The Kier molecular flexibility index (Phi) is 6.54. The zero-order valence-corrected chi connectivity index (χ0v) is 17.3. The zero-order chi connectivity index (χ0) is 21.0. The molecule has 29 heavy (non-hydrogen) atoms. The van der Waals surface area contributed by atoms with Crippen LogP contribution >= 0.6 is 11.6 Å². The molecule has 0 aliphatic rings. The van der Waals surface area contributed by atoms with E-state index < -0.39 is 5.69 Å². The summed E-state index contributed by atoms with van der Waals surface area (Å²) in [5, 5.41) is 3.64. The fourth-order valence-electron chi connectivity index (χ4n) is 3.35. The van der Waals surface area contributed by atoms with Crippen LogP contribution in [0.5, 0.6) is 0 Å². The molecule has 7 heteroatoms. The van der Waals surface area contributed by atoms with E-state index in [1.807, 2.05) is 13.0 Å². The van der Waals surface area contributed by atoms with Crippen molar-refractivity contribution in [2.75, 3.05) is 5.32 Å². The molecule has 3 aromatic rings. The minimum atomic E-state index is -0.476. The fraction of sp³-hybridized carbons (Fsp3) is 0.318. The molecule has 6 nitrogen and oxygen atoms in total. The van der Waals surface area contributed by atoms with Gasteiger partial charge in [-0.25, -0.2) is 4.79 Å². The highest BCUT2D eigenvalue weighted by atomic mass is 35.5. The minimum Gasteiger partial charge on any atom is -0.323 e. The lowest BCUT2D eigenvalue weighted by atomic mass is 10.2. The highest BCUT2D eigenvalue weighted by Gasteiger charge is 2.16. The highest BCUT2D eigenvalue weighted by molar-refractivity contribution is 6.33. The Labute approximate surface area is 173 Å². The zero-order valence-electron chi connectivity index (χ0n) is 16.6. The molecule has 2 aromatic carbocycles. The quantitative estimate of drug-likeness (QED) is 0.596. The summed E-state index contributed by atoms with van der Waals surface area (Å²) in [6, 6.07) is 12.2. The van der Waals surface area contributed by atoms with E-state index in [9.17, 15) is 14.4 Å². The number of anilines is 1. The maximum atomic E-state index is 13.0. The number of unbranched alkanes of at least 4 members (excludes halogenated alkanes) is 2. The van der Waals surface area contributed by atoms with E-state index >= 15 is 0 Å². The number of halogens is 1. The van der Waals surface area contributed by atoms with E-state index in [0.717, 1.165) is 24.8 Å².